The molecule has 0 unspecified atom stereocenters. The number of rotatable bonds is 7. The number of nitrogens with two attached hydrogens (primary N) is 1. The van der Waals surface area contributed by atoms with Crippen LogP contribution in [0.4, 0.5) is 0 Å². The quantitative estimate of drug-likeness (QED) is 0.629. The SMILES string of the molecule is COc1cc(C(=O)N[C@@H](C)c2cc3ccccc3o2)cc(Cl)c1OCC(N)=O. The van der Waals surface area contributed by atoms with Crippen molar-refractivity contribution in [2.24, 2.45) is 5.73 Å². The lowest BCUT2D eigenvalue weighted by Gasteiger charge is -2.15. The van der Waals surface area contributed by atoms with E-state index in [9.17, 15) is 9.59 Å². The topological polar surface area (TPSA) is 104 Å². The molecule has 0 spiro atoms. The van der Waals surface area contributed by atoms with Crippen molar-refractivity contribution >= 4 is 34.4 Å². The summed E-state index contributed by atoms with van der Waals surface area (Å²) in [7, 11) is 1.40. The van der Waals surface area contributed by atoms with Gasteiger partial charge in [0.1, 0.15) is 11.3 Å². The van der Waals surface area contributed by atoms with E-state index in [1.807, 2.05) is 37.3 Å². The summed E-state index contributed by atoms with van der Waals surface area (Å²) in [4.78, 5) is 23.6. The predicted octanol–water partition coefficient (Wildman–Crippen LogP) is 3.45. The highest BCUT2D eigenvalue weighted by atomic mass is 35.5. The molecule has 8 heteroatoms. The first-order chi connectivity index (χ1) is 13.4. The maximum absolute atomic E-state index is 12.7. The Hall–Kier alpha value is -3.19. The van der Waals surface area contributed by atoms with E-state index in [2.05, 4.69) is 5.32 Å². The van der Waals surface area contributed by atoms with Crippen LogP contribution in [0.2, 0.25) is 5.02 Å². The van der Waals surface area contributed by atoms with Crippen LogP contribution in [-0.4, -0.2) is 25.5 Å². The number of ether oxygens (including phenoxy) is 2. The van der Waals surface area contributed by atoms with Crippen molar-refractivity contribution in [3.8, 4) is 11.5 Å². The molecule has 1 heterocycles. The van der Waals surface area contributed by atoms with Gasteiger partial charge in [0.2, 0.25) is 0 Å². The summed E-state index contributed by atoms with van der Waals surface area (Å²) >= 11 is 6.19. The molecule has 146 valence electrons. The van der Waals surface area contributed by atoms with E-state index in [0.717, 1.165) is 11.0 Å². The summed E-state index contributed by atoms with van der Waals surface area (Å²) < 4.78 is 16.3. The number of para-hydroxylation sites is 1. The molecule has 0 saturated heterocycles. The summed E-state index contributed by atoms with van der Waals surface area (Å²) in [6, 6.07) is 12.0. The number of hydrogen-bond donors (Lipinski definition) is 2. The molecule has 2 aromatic carbocycles. The van der Waals surface area contributed by atoms with Gasteiger partial charge >= 0.3 is 0 Å². The Labute approximate surface area is 166 Å². The smallest absolute Gasteiger partial charge is 0.255 e. The standard InChI is InChI=1S/C20H19ClN2O5/c1-11(16-8-12-5-3-4-6-15(12)28-16)23-20(25)13-7-14(21)19(17(9-13)26-2)27-10-18(22)24/h3-9,11H,10H2,1-2H3,(H2,22,24)(H,23,25)/t11-/m0/s1. The minimum atomic E-state index is -0.653. The number of halogens is 1. The molecule has 3 rings (SSSR count). The summed E-state index contributed by atoms with van der Waals surface area (Å²) in [6.07, 6.45) is 0. The van der Waals surface area contributed by atoms with Gasteiger partial charge in [-0.3, -0.25) is 9.59 Å². The molecule has 0 bridgehead atoms. The fraction of sp³-hybridized carbons (Fsp3) is 0.200. The second kappa shape index (κ2) is 8.22. The number of furan rings is 1. The van der Waals surface area contributed by atoms with Gasteiger partial charge in [0.05, 0.1) is 18.2 Å². The van der Waals surface area contributed by atoms with Crippen molar-refractivity contribution in [1.29, 1.82) is 0 Å². The summed E-state index contributed by atoms with van der Waals surface area (Å²) in [5.41, 5.74) is 6.10. The van der Waals surface area contributed by atoms with E-state index in [-0.39, 0.29) is 40.6 Å². The normalized spacial score (nSPS) is 11.8. The molecule has 0 aliphatic heterocycles. The fourth-order valence-electron chi connectivity index (χ4n) is 2.70. The zero-order chi connectivity index (χ0) is 20.3. The molecule has 0 fully saturated rings. The molecule has 2 amide bonds. The third-order valence-corrected chi connectivity index (χ3v) is 4.35. The monoisotopic (exact) mass is 402 g/mol. The van der Waals surface area contributed by atoms with Gasteiger partial charge in [-0.1, -0.05) is 29.8 Å². The maximum atomic E-state index is 12.7. The highest BCUT2D eigenvalue weighted by Gasteiger charge is 2.19. The molecular weight excluding hydrogens is 384 g/mol. The Morgan fingerprint density at radius 3 is 2.68 bits per heavy atom. The van der Waals surface area contributed by atoms with Crippen LogP contribution >= 0.6 is 11.6 Å². The van der Waals surface area contributed by atoms with Crippen LogP contribution in [0.5, 0.6) is 11.5 Å². The highest BCUT2D eigenvalue weighted by Crippen LogP contribution is 2.36. The minimum absolute atomic E-state index is 0.127. The number of hydrogen-bond acceptors (Lipinski definition) is 5. The van der Waals surface area contributed by atoms with Crippen LogP contribution in [-0.2, 0) is 4.79 Å². The van der Waals surface area contributed by atoms with E-state index >= 15 is 0 Å². The van der Waals surface area contributed by atoms with Crippen molar-refractivity contribution < 1.29 is 23.5 Å². The molecule has 7 nitrogen and oxygen atoms in total. The van der Waals surface area contributed by atoms with Gasteiger partial charge in [-0.15, -0.1) is 0 Å². The Kier molecular flexibility index (Phi) is 5.75. The maximum Gasteiger partial charge on any atom is 0.255 e. The van der Waals surface area contributed by atoms with Crippen LogP contribution < -0.4 is 20.5 Å². The van der Waals surface area contributed by atoms with Gasteiger partial charge in [-0.2, -0.15) is 0 Å². The highest BCUT2D eigenvalue weighted by molar-refractivity contribution is 6.32. The van der Waals surface area contributed by atoms with Crippen LogP contribution in [0.1, 0.15) is 29.1 Å². The lowest BCUT2D eigenvalue weighted by molar-refractivity contribution is -0.119. The lowest BCUT2D eigenvalue weighted by atomic mass is 10.1. The van der Waals surface area contributed by atoms with Gasteiger partial charge in [0, 0.05) is 10.9 Å². The average molecular weight is 403 g/mol. The van der Waals surface area contributed by atoms with E-state index in [4.69, 9.17) is 31.2 Å². The summed E-state index contributed by atoms with van der Waals surface area (Å²) in [5.74, 6) is -0.0247. The first-order valence-electron chi connectivity index (χ1n) is 8.47. The zero-order valence-electron chi connectivity index (χ0n) is 15.3. The van der Waals surface area contributed by atoms with E-state index < -0.39 is 5.91 Å². The van der Waals surface area contributed by atoms with Gasteiger partial charge in [0.25, 0.3) is 11.8 Å². The Balaban J connectivity index is 1.79. The van der Waals surface area contributed by atoms with Crippen molar-refractivity contribution in [3.63, 3.8) is 0 Å². The third kappa shape index (κ3) is 4.20. The lowest BCUT2D eigenvalue weighted by Crippen LogP contribution is -2.26. The number of nitrogens with one attached hydrogen (secondary N) is 1. The Bertz CT molecular complexity index is 998. The van der Waals surface area contributed by atoms with Crippen LogP contribution in [0, 0.1) is 0 Å². The molecule has 3 N–H and O–H groups in total. The number of carbonyl (C=O) groups excluding carboxylic acids is 2. The molecule has 0 saturated carbocycles. The molecule has 0 aliphatic rings. The third-order valence-electron chi connectivity index (χ3n) is 4.07. The molecule has 1 atom stereocenters. The molecule has 0 aliphatic carbocycles. The molecule has 1 aromatic heterocycles. The molecule has 28 heavy (non-hydrogen) atoms. The van der Waals surface area contributed by atoms with Gasteiger partial charge in [0.15, 0.2) is 18.1 Å². The first-order valence-corrected chi connectivity index (χ1v) is 8.84. The summed E-state index contributed by atoms with van der Waals surface area (Å²) in [5, 5.41) is 3.94. The average Bonchev–Trinajstić information content (AvgIpc) is 3.10. The summed E-state index contributed by atoms with van der Waals surface area (Å²) in [6.45, 7) is 1.46. The largest absolute Gasteiger partial charge is 0.493 e. The Morgan fingerprint density at radius 1 is 1.25 bits per heavy atom. The number of primary amides is 1. The molecular formula is C20H19ClN2O5. The van der Waals surface area contributed by atoms with Crippen molar-refractivity contribution in [2.45, 2.75) is 13.0 Å². The van der Waals surface area contributed by atoms with Crippen LogP contribution in [0.3, 0.4) is 0 Å². The number of carbonyl (C=O) groups is 2. The molecule has 3 aromatic rings. The van der Waals surface area contributed by atoms with Gasteiger partial charge in [-0.25, -0.2) is 0 Å². The van der Waals surface area contributed by atoms with Crippen LogP contribution in [0.15, 0.2) is 46.9 Å². The van der Waals surface area contributed by atoms with Crippen molar-refractivity contribution in [2.75, 3.05) is 13.7 Å². The number of amides is 2. The van der Waals surface area contributed by atoms with E-state index in [1.54, 1.807) is 0 Å². The van der Waals surface area contributed by atoms with Crippen molar-refractivity contribution in [1.82, 2.24) is 5.32 Å². The van der Waals surface area contributed by atoms with E-state index in [0.29, 0.717) is 5.76 Å². The number of fused-ring (bicyclic) bond motifs is 1. The van der Waals surface area contributed by atoms with E-state index in [1.165, 1.54) is 19.2 Å². The number of benzene rings is 2. The number of methoxy groups -OCH3 is 1. The predicted molar refractivity (Wildman–Crippen MR) is 105 cm³/mol. The zero-order valence-corrected chi connectivity index (χ0v) is 16.1. The van der Waals surface area contributed by atoms with Gasteiger partial charge < -0.3 is 24.9 Å². The van der Waals surface area contributed by atoms with Gasteiger partial charge in [-0.05, 0) is 31.2 Å². The second-order valence-corrected chi connectivity index (χ2v) is 6.53. The molecule has 0 radical (unpaired) electrons. The fourth-order valence-corrected chi connectivity index (χ4v) is 2.97. The first kappa shape index (κ1) is 19.6. The minimum Gasteiger partial charge on any atom is -0.493 e. The van der Waals surface area contributed by atoms with Crippen molar-refractivity contribution in [3.05, 3.63) is 58.8 Å². The second-order valence-electron chi connectivity index (χ2n) is 6.13. The van der Waals surface area contributed by atoms with Crippen LogP contribution in [0.25, 0.3) is 11.0 Å². The Morgan fingerprint density at radius 2 is 2.00 bits per heavy atom.